The molecule has 2 rings (SSSR count). The summed E-state index contributed by atoms with van der Waals surface area (Å²) in [7, 11) is 0. The van der Waals surface area contributed by atoms with Crippen LogP contribution in [0.2, 0.25) is 0 Å². The molecule has 0 bridgehead atoms. The standard InChI is InChI=1S/C23H25NO4/c1-16(2)14-22(26)24-20-11-8-19(9-12-20)21(25)15-28-23(27)13-10-18-7-5-4-6-17(18)3/h4-13,16H,14-15H2,1-3H3,(H,24,26)/b13-10+. The molecule has 0 aliphatic heterocycles. The first-order valence-corrected chi connectivity index (χ1v) is 9.18. The van der Waals surface area contributed by atoms with Crippen LogP contribution >= 0.6 is 0 Å². The predicted octanol–water partition coefficient (Wildman–Crippen LogP) is 4.42. The van der Waals surface area contributed by atoms with E-state index >= 15 is 0 Å². The van der Waals surface area contributed by atoms with Gasteiger partial charge in [0.15, 0.2) is 12.4 Å². The number of hydrogen-bond acceptors (Lipinski definition) is 4. The lowest BCUT2D eigenvalue weighted by molar-refractivity contribution is -0.136. The minimum atomic E-state index is -0.575. The van der Waals surface area contributed by atoms with Crippen LogP contribution in [0.1, 0.15) is 41.8 Å². The monoisotopic (exact) mass is 379 g/mol. The quantitative estimate of drug-likeness (QED) is 0.419. The van der Waals surface area contributed by atoms with Crippen LogP contribution in [0.3, 0.4) is 0 Å². The van der Waals surface area contributed by atoms with Crippen molar-refractivity contribution in [3.63, 3.8) is 0 Å². The van der Waals surface area contributed by atoms with Crippen molar-refractivity contribution in [1.29, 1.82) is 0 Å². The molecule has 5 heteroatoms. The van der Waals surface area contributed by atoms with Crippen LogP contribution in [0.4, 0.5) is 5.69 Å². The molecule has 0 aliphatic rings. The summed E-state index contributed by atoms with van der Waals surface area (Å²) in [5.41, 5.74) is 3.00. The number of esters is 1. The number of nitrogens with one attached hydrogen (secondary N) is 1. The number of aryl methyl sites for hydroxylation is 1. The molecule has 0 heterocycles. The van der Waals surface area contributed by atoms with Gasteiger partial charge in [0.05, 0.1) is 0 Å². The van der Waals surface area contributed by atoms with E-state index in [9.17, 15) is 14.4 Å². The van der Waals surface area contributed by atoms with E-state index in [4.69, 9.17) is 4.74 Å². The molecule has 0 unspecified atom stereocenters. The molecule has 0 aliphatic carbocycles. The van der Waals surface area contributed by atoms with E-state index in [-0.39, 0.29) is 24.2 Å². The molecule has 0 aromatic heterocycles. The van der Waals surface area contributed by atoms with E-state index in [0.717, 1.165) is 11.1 Å². The topological polar surface area (TPSA) is 72.5 Å². The number of benzene rings is 2. The third-order valence-electron chi connectivity index (χ3n) is 4.02. The van der Waals surface area contributed by atoms with E-state index in [2.05, 4.69) is 5.32 Å². The summed E-state index contributed by atoms with van der Waals surface area (Å²) in [6.07, 6.45) is 3.41. The van der Waals surface area contributed by atoms with Gasteiger partial charge in [-0.25, -0.2) is 4.79 Å². The molecule has 0 spiro atoms. The summed E-state index contributed by atoms with van der Waals surface area (Å²) < 4.78 is 5.01. The summed E-state index contributed by atoms with van der Waals surface area (Å²) in [5, 5.41) is 2.78. The first-order chi connectivity index (χ1) is 13.3. The molecule has 28 heavy (non-hydrogen) atoms. The SMILES string of the molecule is Cc1ccccc1/C=C/C(=O)OCC(=O)c1ccc(NC(=O)CC(C)C)cc1. The molecule has 0 atom stereocenters. The van der Waals surface area contributed by atoms with Gasteiger partial charge in [0.25, 0.3) is 0 Å². The Kier molecular flexibility index (Phi) is 7.69. The lowest BCUT2D eigenvalue weighted by Gasteiger charge is -2.08. The maximum absolute atomic E-state index is 12.2. The van der Waals surface area contributed by atoms with E-state index in [0.29, 0.717) is 17.7 Å². The molecular formula is C23H25NO4. The second-order valence-corrected chi connectivity index (χ2v) is 6.94. The fourth-order valence-corrected chi connectivity index (χ4v) is 2.52. The van der Waals surface area contributed by atoms with Gasteiger partial charge in [0.2, 0.25) is 5.91 Å². The molecular weight excluding hydrogens is 354 g/mol. The zero-order chi connectivity index (χ0) is 20.5. The molecule has 1 amide bonds. The average Bonchev–Trinajstić information content (AvgIpc) is 2.65. The van der Waals surface area contributed by atoms with Gasteiger partial charge < -0.3 is 10.1 Å². The van der Waals surface area contributed by atoms with Crippen LogP contribution in [0.15, 0.2) is 54.6 Å². The number of amides is 1. The van der Waals surface area contributed by atoms with Crippen LogP contribution < -0.4 is 5.32 Å². The number of carbonyl (C=O) groups is 3. The first-order valence-electron chi connectivity index (χ1n) is 9.18. The lowest BCUT2D eigenvalue weighted by Crippen LogP contribution is -2.14. The van der Waals surface area contributed by atoms with Crippen molar-refractivity contribution in [3.8, 4) is 0 Å². The van der Waals surface area contributed by atoms with Gasteiger partial charge in [-0.3, -0.25) is 9.59 Å². The van der Waals surface area contributed by atoms with Crippen LogP contribution in [-0.2, 0) is 14.3 Å². The lowest BCUT2D eigenvalue weighted by atomic mass is 10.1. The predicted molar refractivity (Wildman–Crippen MR) is 110 cm³/mol. The molecule has 0 fully saturated rings. The van der Waals surface area contributed by atoms with Crippen molar-refractivity contribution < 1.29 is 19.1 Å². The smallest absolute Gasteiger partial charge is 0.331 e. The molecule has 5 nitrogen and oxygen atoms in total. The van der Waals surface area contributed by atoms with Crippen molar-refractivity contribution >= 4 is 29.4 Å². The molecule has 0 saturated carbocycles. The highest BCUT2D eigenvalue weighted by Crippen LogP contribution is 2.12. The number of anilines is 1. The Labute approximate surface area is 165 Å². The Bertz CT molecular complexity index is 866. The number of carbonyl (C=O) groups excluding carboxylic acids is 3. The van der Waals surface area contributed by atoms with Crippen molar-refractivity contribution in [3.05, 3.63) is 71.3 Å². The Hall–Kier alpha value is -3.21. The molecule has 1 N–H and O–H groups in total. The first kappa shape index (κ1) is 21.1. The van der Waals surface area contributed by atoms with Gasteiger partial charge in [-0.1, -0.05) is 38.1 Å². The molecule has 0 saturated heterocycles. The number of hydrogen-bond donors (Lipinski definition) is 1. The number of rotatable bonds is 8. The van der Waals surface area contributed by atoms with Gasteiger partial charge in [-0.2, -0.15) is 0 Å². The normalized spacial score (nSPS) is 10.9. The Balaban J connectivity index is 1.85. The molecule has 0 radical (unpaired) electrons. The minimum Gasteiger partial charge on any atom is -0.454 e. The number of ketones is 1. The van der Waals surface area contributed by atoms with Crippen molar-refractivity contribution in [2.45, 2.75) is 27.2 Å². The summed E-state index contributed by atoms with van der Waals surface area (Å²) in [4.78, 5) is 35.7. The number of Topliss-reactive ketones (excluding diaryl/α,β-unsaturated/α-hetero) is 1. The van der Waals surface area contributed by atoms with Gasteiger partial charge in [-0.05, 0) is 54.3 Å². The van der Waals surface area contributed by atoms with Crippen LogP contribution in [0.5, 0.6) is 0 Å². The van der Waals surface area contributed by atoms with Crippen LogP contribution in [0, 0.1) is 12.8 Å². The fourth-order valence-electron chi connectivity index (χ4n) is 2.52. The van der Waals surface area contributed by atoms with E-state index in [1.165, 1.54) is 6.08 Å². The van der Waals surface area contributed by atoms with E-state index < -0.39 is 5.97 Å². The molecule has 2 aromatic rings. The minimum absolute atomic E-state index is 0.0663. The number of ether oxygens (including phenoxy) is 1. The maximum atomic E-state index is 12.2. The van der Waals surface area contributed by atoms with Crippen LogP contribution in [-0.4, -0.2) is 24.3 Å². The largest absolute Gasteiger partial charge is 0.454 e. The van der Waals surface area contributed by atoms with E-state index in [1.54, 1.807) is 30.3 Å². The highest BCUT2D eigenvalue weighted by molar-refractivity contribution is 5.99. The van der Waals surface area contributed by atoms with Gasteiger partial charge in [-0.15, -0.1) is 0 Å². The summed E-state index contributed by atoms with van der Waals surface area (Å²) in [5.74, 6) is -0.675. The average molecular weight is 379 g/mol. The zero-order valence-corrected chi connectivity index (χ0v) is 16.4. The summed E-state index contributed by atoms with van der Waals surface area (Å²) >= 11 is 0. The highest BCUT2D eigenvalue weighted by atomic mass is 16.5. The third kappa shape index (κ3) is 6.83. The fraction of sp³-hybridized carbons (Fsp3) is 0.261. The van der Waals surface area contributed by atoms with Gasteiger partial charge >= 0.3 is 5.97 Å². The van der Waals surface area contributed by atoms with Gasteiger partial charge in [0.1, 0.15) is 0 Å². The summed E-state index contributed by atoms with van der Waals surface area (Å²) in [6, 6.07) is 14.2. The van der Waals surface area contributed by atoms with Crippen molar-refractivity contribution in [1.82, 2.24) is 0 Å². The van der Waals surface area contributed by atoms with Crippen molar-refractivity contribution in [2.75, 3.05) is 11.9 Å². The highest BCUT2D eigenvalue weighted by Gasteiger charge is 2.10. The Morgan fingerprint density at radius 3 is 2.36 bits per heavy atom. The van der Waals surface area contributed by atoms with Crippen molar-refractivity contribution in [2.24, 2.45) is 5.92 Å². The molecule has 146 valence electrons. The maximum Gasteiger partial charge on any atom is 0.331 e. The van der Waals surface area contributed by atoms with Crippen LogP contribution in [0.25, 0.3) is 6.08 Å². The Morgan fingerprint density at radius 1 is 1.04 bits per heavy atom. The third-order valence-corrected chi connectivity index (χ3v) is 4.02. The second kappa shape index (κ2) is 10.2. The van der Waals surface area contributed by atoms with Gasteiger partial charge in [0, 0.05) is 23.7 Å². The Morgan fingerprint density at radius 2 is 1.71 bits per heavy atom. The summed E-state index contributed by atoms with van der Waals surface area (Å²) in [6.45, 7) is 5.55. The molecule has 2 aromatic carbocycles. The second-order valence-electron chi connectivity index (χ2n) is 6.94. The zero-order valence-electron chi connectivity index (χ0n) is 16.4. The van der Waals surface area contributed by atoms with E-state index in [1.807, 2.05) is 45.0 Å².